The van der Waals surface area contributed by atoms with Gasteiger partial charge in [-0.1, -0.05) is 164 Å². The molecular weight excluding hydrogens is 787 g/mol. The second-order valence-electron chi connectivity index (χ2n) is 16.3. The zero-order chi connectivity index (χ0) is 41.5. The van der Waals surface area contributed by atoms with Gasteiger partial charge in [-0.15, -0.1) is 11.3 Å². The van der Waals surface area contributed by atoms with Crippen molar-refractivity contribution in [1.29, 1.82) is 0 Å². The summed E-state index contributed by atoms with van der Waals surface area (Å²) in [6.45, 7) is 0. The molecule has 0 saturated heterocycles. The molecule has 0 N–H and O–H groups in total. The monoisotopic (exact) mass is 821 g/mol. The molecule has 0 radical (unpaired) electrons. The van der Waals surface area contributed by atoms with E-state index in [1.807, 2.05) is 72.0 Å². The number of hydrogen-bond donors (Lipinski definition) is 0. The van der Waals surface area contributed by atoms with E-state index in [-0.39, 0.29) is 0 Å². The van der Waals surface area contributed by atoms with Crippen LogP contribution in [0.3, 0.4) is 0 Å². The van der Waals surface area contributed by atoms with Gasteiger partial charge in [-0.3, -0.25) is 0 Å². The predicted molar refractivity (Wildman–Crippen MR) is 259 cm³/mol. The molecule has 9 aromatic carbocycles. The van der Waals surface area contributed by atoms with Gasteiger partial charge in [0.1, 0.15) is 11.2 Å². The Kier molecular flexibility index (Phi) is 7.96. The average molecular weight is 822 g/mol. The van der Waals surface area contributed by atoms with Gasteiger partial charge in [-0.2, -0.15) is 0 Å². The van der Waals surface area contributed by atoms with Crippen LogP contribution in [-0.2, 0) is 5.41 Å². The molecule has 0 aliphatic heterocycles. The third-order valence-electron chi connectivity index (χ3n) is 12.8. The van der Waals surface area contributed by atoms with E-state index in [1.165, 1.54) is 53.6 Å². The van der Waals surface area contributed by atoms with Crippen LogP contribution in [0.2, 0.25) is 0 Å². The van der Waals surface area contributed by atoms with Crippen LogP contribution in [0.1, 0.15) is 22.3 Å². The fraction of sp³-hybridized carbons (Fsp3) is 0.0172. The minimum absolute atomic E-state index is 0.508. The highest BCUT2D eigenvalue weighted by atomic mass is 32.1. The van der Waals surface area contributed by atoms with Crippen molar-refractivity contribution < 1.29 is 4.42 Å². The Morgan fingerprint density at radius 2 is 0.889 bits per heavy atom. The lowest BCUT2D eigenvalue weighted by atomic mass is 9.67. The van der Waals surface area contributed by atoms with Gasteiger partial charge >= 0.3 is 0 Å². The second kappa shape index (κ2) is 14.0. The summed E-state index contributed by atoms with van der Waals surface area (Å²) >= 11 is 1.86. The zero-order valence-corrected chi connectivity index (χ0v) is 34.7. The van der Waals surface area contributed by atoms with Gasteiger partial charge in [0, 0.05) is 47.6 Å². The third-order valence-corrected chi connectivity index (χ3v) is 14.0. The van der Waals surface area contributed by atoms with Gasteiger partial charge in [-0.25, -0.2) is 15.0 Å². The van der Waals surface area contributed by atoms with E-state index in [1.54, 1.807) is 0 Å². The van der Waals surface area contributed by atoms with E-state index < -0.39 is 5.41 Å². The smallest absolute Gasteiger partial charge is 0.164 e. The molecule has 294 valence electrons. The summed E-state index contributed by atoms with van der Waals surface area (Å²) in [4.78, 5) is 15.3. The first-order valence-corrected chi connectivity index (χ1v) is 22.1. The first kappa shape index (κ1) is 35.7. The summed E-state index contributed by atoms with van der Waals surface area (Å²) in [7, 11) is 0. The summed E-state index contributed by atoms with van der Waals surface area (Å²) in [5.74, 6) is 1.85. The molecule has 0 spiro atoms. The molecule has 1 aliphatic carbocycles. The SMILES string of the molecule is c1ccc(-c2nc(-c3cccc(-c4ccc(C5(c6ccc7sc8ccccc8c7c6)c6ccccc6-c6ccccc65)cc4)c3)nc(-c3ccc4oc5ccccc5c4c3)n2)cc1. The van der Waals surface area contributed by atoms with Crippen molar-refractivity contribution in [3.63, 3.8) is 0 Å². The molecular formula is C58H35N3OS. The Labute approximate surface area is 367 Å². The lowest BCUT2D eigenvalue weighted by Gasteiger charge is -2.34. The Balaban J connectivity index is 0.938. The van der Waals surface area contributed by atoms with Crippen molar-refractivity contribution in [3.8, 4) is 56.4 Å². The van der Waals surface area contributed by atoms with E-state index in [0.717, 1.165) is 49.8 Å². The van der Waals surface area contributed by atoms with Crippen LogP contribution in [0.4, 0.5) is 0 Å². The highest BCUT2D eigenvalue weighted by Crippen LogP contribution is 2.57. The van der Waals surface area contributed by atoms with Crippen LogP contribution in [0.15, 0.2) is 217 Å². The number of hydrogen-bond acceptors (Lipinski definition) is 5. The zero-order valence-electron chi connectivity index (χ0n) is 33.9. The third kappa shape index (κ3) is 5.57. The Hall–Kier alpha value is -7.99. The largest absolute Gasteiger partial charge is 0.456 e. The Morgan fingerprint density at radius 3 is 1.67 bits per heavy atom. The van der Waals surface area contributed by atoms with Gasteiger partial charge < -0.3 is 4.42 Å². The molecule has 1 aliphatic rings. The van der Waals surface area contributed by atoms with Crippen molar-refractivity contribution >= 4 is 53.4 Å². The topological polar surface area (TPSA) is 51.8 Å². The maximum absolute atomic E-state index is 6.15. The molecule has 0 atom stereocenters. The van der Waals surface area contributed by atoms with Crippen LogP contribution < -0.4 is 0 Å². The molecule has 13 rings (SSSR count). The molecule has 63 heavy (non-hydrogen) atoms. The first-order chi connectivity index (χ1) is 31.2. The maximum atomic E-state index is 6.15. The molecule has 3 aromatic heterocycles. The van der Waals surface area contributed by atoms with Crippen molar-refractivity contribution in [2.75, 3.05) is 0 Å². The van der Waals surface area contributed by atoms with E-state index in [0.29, 0.717) is 17.5 Å². The molecule has 0 fully saturated rings. The molecule has 4 nitrogen and oxygen atoms in total. The van der Waals surface area contributed by atoms with Gasteiger partial charge in [-0.05, 0) is 93.0 Å². The normalized spacial score (nSPS) is 12.9. The lowest BCUT2D eigenvalue weighted by molar-refractivity contribution is 0.669. The number of thiophene rings is 1. The minimum Gasteiger partial charge on any atom is -0.456 e. The van der Waals surface area contributed by atoms with Crippen molar-refractivity contribution in [3.05, 3.63) is 235 Å². The number of furan rings is 1. The first-order valence-electron chi connectivity index (χ1n) is 21.2. The fourth-order valence-electron chi connectivity index (χ4n) is 9.95. The number of aromatic nitrogens is 3. The van der Waals surface area contributed by atoms with Crippen LogP contribution in [0, 0.1) is 0 Å². The molecule has 0 amide bonds. The number of para-hydroxylation sites is 1. The van der Waals surface area contributed by atoms with Crippen molar-refractivity contribution in [2.45, 2.75) is 5.41 Å². The summed E-state index contributed by atoms with van der Waals surface area (Å²) in [6, 6.07) is 76.0. The van der Waals surface area contributed by atoms with Gasteiger partial charge in [0.15, 0.2) is 17.5 Å². The van der Waals surface area contributed by atoms with Crippen LogP contribution in [-0.4, -0.2) is 15.0 Å². The van der Waals surface area contributed by atoms with E-state index in [2.05, 4.69) is 152 Å². The maximum Gasteiger partial charge on any atom is 0.164 e. The second-order valence-corrected chi connectivity index (χ2v) is 17.4. The standard InChI is InChI=1S/C58H35N3OS/c1-2-13-37(14-3-1)55-59-56(61-57(60-55)40-27-31-52-47(34-40)45-19-6-10-23-51(45)62-52)39-16-12-15-38(33-39)36-25-28-41(29-26-36)58(49-21-8-4-17-43(49)44-18-5-9-22-50(44)58)42-30-32-54-48(35-42)46-20-7-11-24-53(46)63-54/h1-35H. The van der Waals surface area contributed by atoms with Crippen LogP contribution in [0.25, 0.3) is 98.5 Å². The predicted octanol–water partition coefficient (Wildman–Crippen LogP) is 15.2. The van der Waals surface area contributed by atoms with Crippen LogP contribution in [0.5, 0.6) is 0 Å². The van der Waals surface area contributed by atoms with Crippen molar-refractivity contribution in [1.82, 2.24) is 15.0 Å². The molecule has 0 unspecified atom stereocenters. The molecule has 3 heterocycles. The van der Waals surface area contributed by atoms with Gasteiger partial charge in [0.05, 0.1) is 5.41 Å². The summed E-state index contributed by atoms with van der Waals surface area (Å²) in [5.41, 5.74) is 13.8. The summed E-state index contributed by atoms with van der Waals surface area (Å²) in [5, 5.41) is 4.70. The quantitative estimate of drug-likeness (QED) is 0.168. The number of benzene rings is 9. The van der Waals surface area contributed by atoms with Crippen molar-refractivity contribution in [2.24, 2.45) is 0 Å². The Bertz CT molecular complexity index is 3710. The minimum atomic E-state index is -0.508. The molecule has 0 bridgehead atoms. The molecule has 5 heteroatoms. The lowest BCUT2D eigenvalue weighted by Crippen LogP contribution is -2.28. The van der Waals surface area contributed by atoms with Gasteiger partial charge in [0.2, 0.25) is 0 Å². The molecule has 12 aromatic rings. The number of fused-ring (bicyclic) bond motifs is 9. The summed E-state index contributed by atoms with van der Waals surface area (Å²) < 4.78 is 8.77. The number of nitrogens with zero attached hydrogens (tertiary/aromatic N) is 3. The Morgan fingerprint density at radius 1 is 0.333 bits per heavy atom. The fourth-order valence-corrected chi connectivity index (χ4v) is 11.0. The highest BCUT2D eigenvalue weighted by Gasteiger charge is 2.46. The van der Waals surface area contributed by atoms with E-state index >= 15 is 0 Å². The van der Waals surface area contributed by atoms with Crippen LogP contribution >= 0.6 is 11.3 Å². The van der Waals surface area contributed by atoms with E-state index in [4.69, 9.17) is 19.4 Å². The highest BCUT2D eigenvalue weighted by molar-refractivity contribution is 7.25. The summed E-state index contributed by atoms with van der Waals surface area (Å²) in [6.07, 6.45) is 0. The van der Waals surface area contributed by atoms with E-state index in [9.17, 15) is 0 Å². The van der Waals surface area contributed by atoms with Gasteiger partial charge in [0.25, 0.3) is 0 Å². The average Bonchev–Trinajstić information content (AvgIpc) is 4.02. The molecule has 0 saturated carbocycles. The number of rotatable bonds is 6.